The molecule has 0 aliphatic carbocycles. The summed E-state index contributed by atoms with van der Waals surface area (Å²) in [6.45, 7) is 5.05. The van der Waals surface area contributed by atoms with Crippen LogP contribution in [0.5, 0.6) is 0 Å². The fourth-order valence-corrected chi connectivity index (χ4v) is 5.23. The zero-order chi connectivity index (χ0) is 22.0. The Morgan fingerprint density at radius 3 is 2.65 bits per heavy atom. The van der Waals surface area contributed by atoms with Crippen molar-refractivity contribution >= 4 is 21.9 Å². The van der Waals surface area contributed by atoms with Crippen molar-refractivity contribution in [3.05, 3.63) is 59.7 Å². The zero-order valence-electron chi connectivity index (χ0n) is 17.4. The second kappa shape index (κ2) is 8.60. The SMILES string of the molecule is Cc1cccc(-c2nnc(NC(=O)c3ccc(S(=O)(=O)N4CCCC(C)C4)cc3)o2)c1. The van der Waals surface area contributed by atoms with E-state index in [0.29, 0.717) is 30.5 Å². The van der Waals surface area contributed by atoms with Crippen molar-refractivity contribution in [2.45, 2.75) is 31.6 Å². The highest BCUT2D eigenvalue weighted by atomic mass is 32.2. The van der Waals surface area contributed by atoms with Gasteiger partial charge in [0, 0.05) is 24.2 Å². The summed E-state index contributed by atoms with van der Waals surface area (Å²) >= 11 is 0. The Bertz CT molecular complexity index is 1190. The number of benzene rings is 2. The predicted molar refractivity (Wildman–Crippen MR) is 116 cm³/mol. The van der Waals surface area contributed by atoms with E-state index in [1.807, 2.05) is 31.2 Å². The number of sulfonamides is 1. The third-order valence-corrected chi connectivity index (χ3v) is 7.16. The number of hydrogen-bond donors (Lipinski definition) is 1. The molecule has 2 aromatic carbocycles. The average molecular weight is 441 g/mol. The van der Waals surface area contributed by atoms with Gasteiger partial charge in [-0.05, 0) is 62.1 Å². The topological polar surface area (TPSA) is 105 Å². The van der Waals surface area contributed by atoms with Crippen molar-refractivity contribution in [2.24, 2.45) is 5.92 Å². The van der Waals surface area contributed by atoms with Crippen LogP contribution >= 0.6 is 0 Å². The molecular formula is C22H24N4O4S. The molecule has 1 amide bonds. The number of piperidine rings is 1. The summed E-state index contributed by atoms with van der Waals surface area (Å²) in [5, 5.41) is 10.4. The van der Waals surface area contributed by atoms with E-state index in [-0.39, 0.29) is 10.9 Å². The molecule has 162 valence electrons. The maximum absolute atomic E-state index is 12.9. The molecule has 4 rings (SSSR count). The van der Waals surface area contributed by atoms with Crippen LogP contribution in [0.3, 0.4) is 0 Å². The molecule has 0 radical (unpaired) electrons. The number of nitrogens with one attached hydrogen (secondary N) is 1. The van der Waals surface area contributed by atoms with Crippen LogP contribution in [-0.4, -0.2) is 41.9 Å². The fourth-order valence-electron chi connectivity index (χ4n) is 3.63. The quantitative estimate of drug-likeness (QED) is 0.648. The van der Waals surface area contributed by atoms with Gasteiger partial charge in [-0.3, -0.25) is 10.1 Å². The number of nitrogens with zero attached hydrogens (tertiary/aromatic N) is 3. The van der Waals surface area contributed by atoms with Crippen molar-refractivity contribution in [1.29, 1.82) is 0 Å². The number of amides is 1. The van der Waals surface area contributed by atoms with Crippen LogP contribution in [0, 0.1) is 12.8 Å². The Morgan fingerprint density at radius 1 is 1.16 bits per heavy atom. The van der Waals surface area contributed by atoms with Gasteiger partial charge in [-0.15, -0.1) is 5.10 Å². The maximum atomic E-state index is 12.9. The number of anilines is 1. The molecule has 1 aromatic heterocycles. The Kier molecular flexibility index (Phi) is 5.88. The highest BCUT2D eigenvalue weighted by molar-refractivity contribution is 7.89. The summed E-state index contributed by atoms with van der Waals surface area (Å²) in [6, 6.07) is 13.4. The lowest BCUT2D eigenvalue weighted by atomic mass is 10.0. The number of aromatic nitrogens is 2. The van der Waals surface area contributed by atoms with E-state index in [2.05, 4.69) is 22.4 Å². The molecule has 1 N–H and O–H groups in total. The molecule has 9 heteroatoms. The molecule has 0 bridgehead atoms. The zero-order valence-corrected chi connectivity index (χ0v) is 18.2. The summed E-state index contributed by atoms with van der Waals surface area (Å²) in [5.41, 5.74) is 2.10. The lowest BCUT2D eigenvalue weighted by Gasteiger charge is -2.30. The second-order valence-electron chi connectivity index (χ2n) is 7.87. The predicted octanol–water partition coefficient (Wildman–Crippen LogP) is 3.72. The minimum atomic E-state index is -3.57. The Hall–Kier alpha value is -3.04. The van der Waals surface area contributed by atoms with Gasteiger partial charge in [-0.1, -0.05) is 29.7 Å². The molecule has 0 spiro atoms. The van der Waals surface area contributed by atoms with Gasteiger partial charge in [-0.2, -0.15) is 4.31 Å². The van der Waals surface area contributed by atoms with E-state index in [9.17, 15) is 13.2 Å². The third kappa shape index (κ3) is 4.67. The minimum Gasteiger partial charge on any atom is -0.403 e. The summed E-state index contributed by atoms with van der Waals surface area (Å²) in [7, 11) is -3.57. The summed E-state index contributed by atoms with van der Waals surface area (Å²) in [6.07, 6.45) is 1.89. The minimum absolute atomic E-state index is 0.0273. The van der Waals surface area contributed by atoms with Crippen LogP contribution in [0.15, 0.2) is 57.8 Å². The van der Waals surface area contributed by atoms with E-state index in [1.165, 1.54) is 28.6 Å². The number of aryl methyl sites for hydroxylation is 1. The van der Waals surface area contributed by atoms with Crippen molar-refractivity contribution in [3.8, 4) is 11.5 Å². The van der Waals surface area contributed by atoms with E-state index in [0.717, 1.165) is 24.0 Å². The largest absolute Gasteiger partial charge is 0.403 e. The van der Waals surface area contributed by atoms with Gasteiger partial charge >= 0.3 is 6.01 Å². The first-order chi connectivity index (χ1) is 14.8. The molecule has 1 aliphatic heterocycles. The number of rotatable bonds is 5. The van der Waals surface area contributed by atoms with Gasteiger partial charge in [0.25, 0.3) is 5.91 Å². The highest BCUT2D eigenvalue weighted by Gasteiger charge is 2.28. The van der Waals surface area contributed by atoms with Crippen LogP contribution in [0.4, 0.5) is 6.01 Å². The van der Waals surface area contributed by atoms with Crippen LogP contribution in [0.2, 0.25) is 0 Å². The van der Waals surface area contributed by atoms with E-state index in [1.54, 1.807) is 0 Å². The lowest BCUT2D eigenvalue weighted by molar-refractivity contribution is 0.102. The monoisotopic (exact) mass is 440 g/mol. The number of carbonyl (C=O) groups is 1. The summed E-state index contributed by atoms with van der Waals surface area (Å²) < 4.78 is 32.8. The lowest BCUT2D eigenvalue weighted by Crippen LogP contribution is -2.39. The van der Waals surface area contributed by atoms with Crippen molar-refractivity contribution in [3.63, 3.8) is 0 Å². The fraction of sp³-hybridized carbons (Fsp3) is 0.318. The standard InChI is InChI=1S/C22H24N4O4S/c1-15-5-3-7-18(13-15)21-24-25-22(30-21)23-20(27)17-8-10-19(11-9-17)31(28,29)26-12-4-6-16(2)14-26/h3,5,7-11,13,16H,4,6,12,14H2,1-2H3,(H,23,25,27). The maximum Gasteiger partial charge on any atom is 0.322 e. The molecule has 0 saturated carbocycles. The smallest absolute Gasteiger partial charge is 0.322 e. The first-order valence-electron chi connectivity index (χ1n) is 10.1. The first-order valence-corrected chi connectivity index (χ1v) is 11.6. The number of hydrogen-bond acceptors (Lipinski definition) is 6. The summed E-state index contributed by atoms with van der Waals surface area (Å²) in [5.74, 6) is 0.179. The van der Waals surface area contributed by atoms with E-state index >= 15 is 0 Å². The molecule has 31 heavy (non-hydrogen) atoms. The molecule has 1 atom stereocenters. The molecule has 1 fully saturated rings. The average Bonchev–Trinajstić information content (AvgIpc) is 3.22. The molecule has 1 saturated heterocycles. The van der Waals surface area contributed by atoms with Gasteiger partial charge < -0.3 is 4.42 Å². The van der Waals surface area contributed by atoms with Crippen molar-refractivity contribution in [1.82, 2.24) is 14.5 Å². The van der Waals surface area contributed by atoms with E-state index < -0.39 is 15.9 Å². The van der Waals surface area contributed by atoms with Gasteiger partial charge in [-0.25, -0.2) is 8.42 Å². The van der Waals surface area contributed by atoms with Crippen LogP contribution < -0.4 is 5.32 Å². The van der Waals surface area contributed by atoms with Gasteiger partial charge in [0.2, 0.25) is 15.9 Å². The second-order valence-corrected chi connectivity index (χ2v) is 9.81. The van der Waals surface area contributed by atoms with Crippen molar-refractivity contribution < 1.29 is 17.6 Å². The summed E-state index contributed by atoms with van der Waals surface area (Å²) in [4.78, 5) is 12.7. The van der Waals surface area contributed by atoms with Gasteiger partial charge in [0.1, 0.15) is 0 Å². The van der Waals surface area contributed by atoms with Crippen LogP contribution in [-0.2, 0) is 10.0 Å². The number of carbonyl (C=O) groups excluding carboxylic acids is 1. The normalized spacial score (nSPS) is 17.4. The van der Waals surface area contributed by atoms with E-state index in [4.69, 9.17) is 4.42 Å². The molecule has 3 aromatic rings. The molecule has 1 unspecified atom stereocenters. The molecule has 1 aliphatic rings. The molecular weight excluding hydrogens is 416 g/mol. The Morgan fingerprint density at radius 2 is 1.94 bits per heavy atom. The van der Waals surface area contributed by atoms with Gasteiger partial charge in [0.15, 0.2) is 0 Å². The van der Waals surface area contributed by atoms with Crippen molar-refractivity contribution in [2.75, 3.05) is 18.4 Å². The van der Waals surface area contributed by atoms with Crippen LogP contribution in [0.1, 0.15) is 35.7 Å². The third-order valence-electron chi connectivity index (χ3n) is 5.28. The Labute approximate surface area is 181 Å². The Balaban J connectivity index is 1.45. The molecule has 8 nitrogen and oxygen atoms in total. The highest BCUT2D eigenvalue weighted by Crippen LogP contribution is 2.24. The van der Waals surface area contributed by atoms with Crippen LogP contribution in [0.25, 0.3) is 11.5 Å². The first kappa shape index (κ1) is 21.2. The molecule has 2 heterocycles. The van der Waals surface area contributed by atoms with Gasteiger partial charge in [0.05, 0.1) is 4.90 Å².